The first-order valence-electron chi connectivity index (χ1n) is 10.5. The summed E-state index contributed by atoms with van der Waals surface area (Å²) in [6, 6.07) is 14.3. The summed E-state index contributed by atoms with van der Waals surface area (Å²) in [6.45, 7) is 0. The van der Waals surface area contributed by atoms with Gasteiger partial charge in [-0.05, 0) is 60.8 Å². The predicted molar refractivity (Wildman–Crippen MR) is 122 cm³/mol. The lowest BCUT2D eigenvalue weighted by atomic mass is 9.94. The lowest BCUT2D eigenvalue weighted by Gasteiger charge is -2.21. The molecule has 2 unspecified atom stereocenters. The molecule has 0 saturated heterocycles. The molecule has 2 aromatic carbocycles. The first-order chi connectivity index (χ1) is 14.9. The molecule has 0 fully saturated rings. The molecule has 0 aromatic heterocycles. The Morgan fingerprint density at radius 1 is 0.710 bits per heavy atom. The standard InChI is InChI=1S/C24H30O6S/c25-21-11-3-1-9-19(21)17(7-5-13-23(27)28)15-31-16-18(8-6-14-24(29)30)20-10-2-4-12-22(20)26/h1-4,9-12,17-18,25-26H,5-8,13-16H2,(H,27,28)(H,29,30). The van der Waals surface area contributed by atoms with Gasteiger partial charge in [0.2, 0.25) is 0 Å². The molecular formula is C24H30O6S. The number of phenols is 2. The minimum atomic E-state index is -0.832. The first-order valence-corrected chi connectivity index (χ1v) is 11.6. The molecule has 0 radical (unpaired) electrons. The Balaban J connectivity index is 2.05. The molecule has 6 nitrogen and oxygen atoms in total. The third-order valence-corrected chi connectivity index (χ3v) is 6.55. The maximum Gasteiger partial charge on any atom is 0.303 e. The Bertz CT molecular complexity index is 784. The Labute approximate surface area is 186 Å². The summed E-state index contributed by atoms with van der Waals surface area (Å²) in [7, 11) is 0. The number of carbonyl (C=O) groups is 2. The summed E-state index contributed by atoms with van der Waals surface area (Å²) < 4.78 is 0. The van der Waals surface area contributed by atoms with Crippen molar-refractivity contribution in [2.75, 3.05) is 11.5 Å². The van der Waals surface area contributed by atoms with Crippen LogP contribution in [0.4, 0.5) is 0 Å². The highest BCUT2D eigenvalue weighted by Gasteiger charge is 2.19. The molecule has 2 rings (SSSR count). The van der Waals surface area contributed by atoms with Crippen LogP contribution in [0.25, 0.3) is 0 Å². The van der Waals surface area contributed by atoms with Gasteiger partial charge in [0.05, 0.1) is 0 Å². The zero-order chi connectivity index (χ0) is 22.6. The van der Waals surface area contributed by atoms with Crippen LogP contribution >= 0.6 is 11.8 Å². The molecule has 0 heterocycles. The highest BCUT2D eigenvalue weighted by atomic mass is 32.2. The number of hydrogen-bond donors (Lipinski definition) is 4. The minimum absolute atomic E-state index is 0.00888. The molecular weight excluding hydrogens is 416 g/mol. The average molecular weight is 447 g/mol. The van der Waals surface area contributed by atoms with Gasteiger partial charge in [-0.3, -0.25) is 9.59 Å². The molecule has 31 heavy (non-hydrogen) atoms. The van der Waals surface area contributed by atoms with E-state index in [0.29, 0.717) is 37.2 Å². The molecule has 4 N–H and O–H groups in total. The number of rotatable bonds is 14. The quantitative estimate of drug-likeness (QED) is 0.315. The topological polar surface area (TPSA) is 115 Å². The Kier molecular flexibility index (Phi) is 10.2. The SMILES string of the molecule is O=C(O)CCCC(CSCC(CCCC(=O)O)c1ccccc1O)c1ccccc1O. The summed E-state index contributed by atoms with van der Waals surface area (Å²) in [5.41, 5.74) is 1.62. The first kappa shape index (κ1) is 24.6. The van der Waals surface area contributed by atoms with E-state index in [1.165, 1.54) is 0 Å². The highest BCUT2D eigenvalue weighted by Crippen LogP contribution is 2.36. The molecule has 0 aliphatic heterocycles. The molecule has 0 saturated carbocycles. The Hall–Kier alpha value is -2.67. The van der Waals surface area contributed by atoms with Crippen LogP contribution in [0, 0.1) is 0 Å². The van der Waals surface area contributed by atoms with Crippen LogP contribution in [0.2, 0.25) is 0 Å². The van der Waals surface area contributed by atoms with Crippen molar-refractivity contribution >= 4 is 23.7 Å². The van der Waals surface area contributed by atoms with Crippen molar-refractivity contribution in [1.29, 1.82) is 0 Å². The van der Waals surface area contributed by atoms with E-state index in [2.05, 4.69) is 0 Å². The highest BCUT2D eigenvalue weighted by molar-refractivity contribution is 7.99. The zero-order valence-electron chi connectivity index (χ0n) is 17.4. The van der Waals surface area contributed by atoms with Gasteiger partial charge in [-0.15, -0.1) is 0 Å². The minimum Gasteiger partial charge on any atom is -0.508 e. The number of aliphatic carboxylic acids is 2. The molecule has 0 spiro atoms. The van der Waals surface area contributed by atoms with E-state index in [-0.39, 0.29) is 36.2 Å². The fraction of sp³-hybridized carbons (Fsp3) is 0.417. The molecule has 0 bridgehead atoms. The normalized spacial score (nSPS) is 12.9. The number of hydrogen-bond acceptors (Lipinski definition) is 5. The second kappa shape index (κ2) is 12.9. The largest absolute Gasteiger partial charge is 0.508 e. The van der Waals surface area contributed by atoms with Crippen molar-refractivity contribution in [3.8, 4) is 11.5 Å². The van der Waals surface area contributed by atoms with Gasteiger partial charge in [0.25, 0.3) is 0 Å². The number of para-hydroxylation sites is 2. The van der Waals surface area contributed by atoms with Crippen LogP contribution in [0.5, 0.6) is 11.5 Å². The number of benzene rings is 2. The van der Waals surface area contributed by atoms with Crippen LogP contribution in [-0.2, 0) is 9.59 Å². The van der Waals surface area contributed by atoms with Gasteiger partial charge in [0.1, 0.15) is 11.5 Å². The lowest BCUT2D eigenvalue weighted by molar-refractivity contribution is -0.138. The zero-order valence-corrected chi connectivity index (χ0v) is 18.3. The third-order valence-electron chi connectivity index (χ3n) is 5.28. The van der Waals surface area contributed by atoms with Crippen LogP contribution < -0.4 is 0 Å². The van der Waals surface area contributed by atoms with E-state index in [9.17, 15) is 19.8 Å². The molecule has 2 atom stereocenters. The van der Waals surface area contributed by atoms with Gasteiger partial charge >= 0.3 is 11.9 Å². The maximum absolute atomic E-state index is 10.9. The number of carboxylic acids is 2. The monoisotopic (exact) mass is 446 g/mol. The average Bonchev–Trinajstić information content (AvgIpc) is 2.72. The van der Waals surface area contributed by atoms with Gasteiger partial charge in [0, 0.05) is 24.3 Å². The van der Waals surface area contributed by atoms with Gasteiger partial charge in [-0.2, -0.15) is 11.8 Å². The fourth-order valence-electron chi connectivity index (χ4n) is 3.67. The van der Waals surface area contributed by atoms with Crippen LogP contribution in [-0.4, -0.2) is 43.9 Å². The molecule has 7 heteroatoms. The van der Waals surface area contributed by atoms with E-state index in [1.54, 1.807) is 36.0 Å². The summed E-state index contributed by atoms with van der Waals surface area (Å²) in [6.07, 6.45) is 2.52. The third kappa shape index (κ3) is 8.53. The molecule has 0 aliphatic carbocycles. The predicted octanol–water partition coefficient (Wildman–Crippen LogP) is 5.21. The van der Waals surface area contributed by atoms with Crippen molar-refractivity contribution in [2.24, 2.45) is 0 Å². The molecule has 0 amide bonds. The van der Waals surface area contributed by atoms with Crippen LogP contribution in [0.15, 0.2) is 48.5 Å². The molecule has 0 aliphatic rings. The second-order valence-corrected chi connectivity index (χ2v) is 8.70. The lowest BCUT2D eigenvalue weighted by Crippen LogP contribution is -2.09. The van der Waals surface area contributed by atoms with Crippen molar-refractivity contribution in [3.63, 3.8) is 0 Å². The summed E-state index contributed by atoms with van der Waals surface area (Å²) >= 11 is 1.68. The number of thioether (sulfide) groups is 1. The van der Waals surface area contributed by atoms with Gasteiger partial charge in [-0.1, -0.05) is 36.4 Å². The van der Waals surface area contributed by atoms with Gasteiger partial charge in [0.15, 0.2) is 0 Å². The smallest absolute Gasteiger partial charge is 0.303 e. The van der Waals surface area contributed by atoms with Gasteiger partial charge < -0.3 is 20.4 Å². The Morgan fingerprint density at radius 3 is 1.45 bits per heavy atom. The molecule has 2 aromatic rings. The Morgan fingerprint density at radius 2 is 1.10 bits per heavy atom. The maximum atomic E-state index is 10.9. The van der Waals surface area contributed by atoms with E-state index < -0.39 is 11.9 Å². The van der Waals surface area contributed by atoms with E-state index in [0.717, 1.165) is 11.1 Å². The van der Waals surface area contributed by atoms with Crippen molar-refractivity contribution in [2.45, 2.75) is 50.4 Å². The summed E-state index contributed by atoms with van der Waals surface area (Å²) in [4.78, 5) is 21.8. The summed E-state index contributed by atoms with van der Waals surface area (Å²) in [5.74, 6) is 0.164. The van der Waals surface area contributed by atoms with E-state index in [4.69, 9.17) is 10.2 Å². The van der Waals surface area contributed by atoms with Crippen molar-refractivity contribution < 1.29 is 30.0 Å². The number of phenolic OH excluding ortho intramolecular Hbond substituents is 2. The number of aromatic hydroxyl groups is 2. The van der Waals surface area contributed by atoms with Crippen LogP contribution in [0.1, 0.15) is 61.5 Å². The summed E-state index contributed by atoms with van der Waals surface area (Å²) in [5, 5.41) is 38.4. The molecule has 168 valence electrons. The van der Waals surface area contributed by atoms with E-state index >= 15 is 0 Å². The van der Waals surface area contributed by atoms with E-state index in [1.807, 2.05) is 24.3 Å². The second-order valence-electron chi connectivity index (χ2n) is 7.62. The van der Waals surface area contributed by atoms with Crippen LogP contribution in [0.3, 0.4) is 0 Å². The van der Waals surface area contributed by atoms with Crippen molar-refractivity contribution in [3.05, 3.63) is 59.7 Å². The van der Waals surface area contributed by atoms with Gasteiger partial charge in [-0.25, -0.2) is 0 Å². The van der Waals surface area contributed by atoms with Crippen molar-refractivity contribution in [1.82, 2.24) is 0 Å². The fourth-order valence-corrected chi connectivity index (χ4v) is 5.07. The number of carboxylic acid groups (broad SMARTS) is 2.